The van der Waals surface area contributed by atoms with E-state index in [2.05, 4.69) is 0 Å². The van der Waals surface area contributed by atoms with Crippen molar-refractivity contribution in [2.24, 2.45) is 5.92 Å². The van der Waals surface area contributed by atoms with Crippen LogP contribution in [0.5, 0.6) is 0 Å². The van der Waals surface area contributed by atoms with Crippen LogP contribution in [-0.2, 0) is 4.74 Å². The number of nitrogens with zero attached hydrogens (tertiary/aromatic N) is 1. The van der Waals surface area contributed by atoms with Crippen LogP contribution in [0.2, 0.25) is 0 Å². The fraction of sp³-hybridized carbons (Fsp3) is 0.471. The van der Waals surface area contributed by atoms with Crippen LogP contribution >= 0.6 is 0 Å². The van der Waals surface area contributed by atoms with Crippen molar-refractivity contribution in [2.75, 3.05) is 19.7 Å². The van der Waals surface area contributed by atoms with E-state index < -0.39 is 5.60 Å². The number of hydrogen-bond donors (Lipinski definition) is 1. The minimum atomic E-state index is -0.549. The third-order valence-corrected chi connectivity index (χ3v) is 3.46. The van der Waals surface area contributed by atoms with Crippen molar-refractivity contribution in [3.8, 4) is 0 Å². The van der Waals surface area contributed by atoms with E-state index in [0.29, 0.717) is 13.1 Å². The maximum Gasteiger partial charge on any atom is 0.410 e. The molecule has 1 unspecified atom stereocenters. The van der Waals surface area contributed by atoms with E-state index in [1.165, 1.54) is 12.1 Å². The summed E-state index contributed by atoms with van der Waals surface area (Å²) in [6.45, 7) is 6.17. The summed E-state index contributed by atoms with van der Waals surface area (Å²) in [6, 6.07) is 6.16. The summed E-state index contributed by atoms with van der Waals surface area (Å²) in [7, 11) is 0. The monoisotopic (exact) mass is 307 g/mol. The number of rotatable bonds is 2. The third-order valence-electron chi connectivity index (χ3n) is 3.46. The Labute approximate surface area is 130 Å². The van der Waals surface area contributed by atoms with Crippen molar-refractivity contribution in [3.05, 3.63) is 41.7 Å². The molecule has 0 saturated heterocycles. The minimum Gasteiger partial charge on any atom is -0.444 e. The Hall–Kier alpha value is -1.88. The molecule has 0 aromatic heterocycles. The molecule has 1 heterocycles. The van der Waals surface area contributed by atoms with E-state index in [-0.39, 0.29) is 24.4 Å². The van der Waals surface area contributed by atoms with E-state index >= 15 is 0 Å². The lowest BCUT2D eigenvalue weighted by Crippen LogP contribution is -2.42. The Morgan fingerprint density at radius 1 is 1.36 bits per heavy atom. The molecule has 0 bridgehead atoms. The normalized spacial score (nSPS) is 18.9. The fourth-order valence-electron chi connectivity index (χ4n) is 2.44. The highest BCUT2D eigenvalue weighted by Crippen LogP contribution is 2.28. The van der Waals surface area contributed by atoms with Gasteiger partial charge in [-0.2, -0.15) is 0 Å². The molecule has 1 amide bonds. The summed E-state index contributed by atoms with van der Waals surface area (Å²) in [6.07, 6.45) is 1.50. The van der Waals surface area contributed by atoms with Gasteiger partial charge in [-0.3, -0.25) is 0 Å². The first-order valence-electron chi connectivity index (χ1n) is 7.35. The van der Waals surface area contributed by atoms with Gasteiger partial charge in [-0.05, 0) is 44.0 Å². The van der Waals surface area contributed by atoms with Crippen molar-refractivity contribution in [1.82, 2.24) is 4.90 Å². The number of aliphatic hydroxyl groups is 1. The summed E-state index contributed by atoms with van der Waals surface area (Å²) < 4.78 is 18.4. The molecule has 1 aromatic carbocycles. The average Bonchev–Trinajstić information content (AvgIpc) is 2.45. The van der Waals surface area contributed by atoms with Gasteiger partial charge in [0.25, 0.3) is 0 Å². The van der Waals surface area contributed by atoms with Gasteiger partial charge in [0.1, 0.15) is 11.4 Å². The zero-order valence-electron chi connectivity index (χ0n) is 13.2. The predicted octanol–water partition coefficient (Wildman–Crippen LogP) is 3.07. The molecule has 22 heavy (non-hydrogen) atoms. The molecule has 0 aliphatic carbocycles. The molecule has 0 fully saturated rings. The minimum absolute atomic E-state index is 0.0808. The summed E-state index contributed by atoms with van der Waals surface area (Å²) in [4.78, 5) is 13.7. The summed E-state index contributed by atoms with van der Waals surface area (Å²) in [5.74, 6) is -0.497. The van der Waals surface area contributed by atoms with Crippen molar-refractivity contribution in [2.45, 2.75) is 26.4 Å². The molecule has 4 nitrogen and oxygen atoms in total. The van der Waals surface area contributed by atoms with Gasteiger partial charge in [0.2, 0.25) is 0 Å². The van der Waals surface area contributed by atoms with Crippen molar-refractivity contribution < 1.29 is 19.0 Å². The van der Waals surface area contributed by atoms with E-state index in [1.54, 1.807) is 17.0 Å². The van der Waals surface area contributed by atoms with Crippen molar-refractivity contribution in [1.29, 1.82) is 0 Å². The zero-order chi connectivity index (χ0) is 16.3. The molecule has 1 aliphatic rings. The van der Waals surface area contributed by atoms with Crippen molar-refractivity contribution in [3.63, 3.8) is 0 Å². The van der Waals surface area contributed by atoms with E-state index in [1.807, 2.05) is 26.8 Å². The maximum atomic E-state index is 13.0. The lowest BCUT2D eigenvalue weighted by Gasteiger charge is -2.33. The van der Waals surface area contributed by atoms with E-state index in [4.69, 9.17) is 4.74 Å². The van der Waals surface area contributed by atoms with Crippen LogP contribution in [0.1, 0.15) is 26.3 Å². The number of carbonyl (C=O) groups excluding carboxylic acids is 1. The van der Waals surface area contributed by atoms with Gasteiger partial charge in [0.05, 0.1) is 6.61 Å². The van der Waals surface area contributed by atoms with Gasteiger partial charge in [0, 0.05) is 19.0 Å². The molecule has 120 valence electrons. The smallest absolute Gasteiger partial charge is 0.410 e. The average molecular weight is 307 g/mol. The highest BCUT2D eigenvalue weighted by Gasteiger charge is 2.29. The van der Waals surface area contributed by atoms with Crippen LogP contribution in [-0.4, -0.2) is 41.4 Å². The number of aliphatic hydroxyl groups excluding tert-OH is 1. The second-order valence-corrected chi connectivity index (χ2v) is 6.43. The van der Waals surface area contributed by atoms with Crippen LogP contribution in [0, 0.1) is 11.7 Å². The molecule has 2 rings (SSSR count). The Bertz CT molecular complexity index is 560. The standard InChI is InChI=1S/C17H22FNO3/c1-17(2,3)22-16(21)19-9-8-15(13(10-19)11-20)12-4-6-14(18)7-5-12/h4-8,13,20H,9-11H2,1-3H3. The van der Waals surface area contributed by atoms with Crippen LogP contribution < -0.4 is 0 Å². The predicted molar refractivity (Wildman–Crippen MR) is 82.8 cm³/mol. The van der Waals surface area contributed by atoms with Gasteiger partial charge in [-0.15, -0.1) is 0 Å². The SMILES string of the molecule is CC(C)(C)OC(=O)N1CC=C(c2ccc(F)cc2)C(CO)C1. The molecule has 0 radical (unpaired) electrons. The highest BCUT2D eigenvalue weighted by molar-refractivity contribution is 5.73. The lowest BCUT2D eigenvalue weighted by atomic mass is 9.90. The molecular weight excluding hydrogens is 285 g/mol. The fourth-order valence-corrected chi connectivity index (χ4v) is 2.44. The van der Waals surface area contributed by atoms with Crippen LogP contribution in [0.4, 0.5) is 9.18 Å². The molecule has 0 spiro atoms. The first-order chi connectivity index (χ1) is 10.3. The summed E-state index contributed by atoms with van der Waals surface area (Å²) >= 11 is 0. The van der Waals surface area contributed by atoms with Crippen molar-refractivity contribution >= 4 is 11.7 Å². The number of hydrogen-bond acceptors (Lipinski definition) is 3. The van der Waals surface area contributed by atoms with Crippen LogP contribution in [0.25, 0.3) is 5.57 Å². The third kappa shape index (κ3) is 4.07. The Balaban J connectivity index is 2.15. The Kier molecular flexibility index (Phi) is 4.86. The Morgan fingerprint density at radius 3 is 2.55 bits per heavy atom. The van der Waals surface area contributed by atoms with Gasteiger partial charge >= 0.3 is 6.09 Å². The quantitative estimate of drug-likeness (QED) is 0.913. The summed E-state index contributed by atoms with van der Waals surface area (Å²) in [5.41, 5.74) is 1.25. The molecule has 0 saturated carbocycles. The van der Waals surface area contributed by atoms with Crippen LogP contribution in [0.3, 0.4) is 0 Å². The lowest BCUT2D eigenvalue weighted by molar-refractivity contribution is 0.0234. The number of amides is 1. The molecular formula is C17H22FNO3. The number of halogens is 1. The number of carbonyl (C=O) groups is 1. The largest absolute Gasteiger partial charge is 0.444 e. The topological polar surface area (TPSA) is 49.8 Å². The first kappa shape index (κ1) is 16.5. The molecule has 1 aromatic rings. The number of ether oxygens (including phenoxy) is 1. The summed E-state index contributed by atoms with van der Waals surface area (Å²) in [5, 5.41) is 9.62. The molecule has 1 N–H and O–H groups in total. The van der Waals surface area contributed by atoms with Gasteiger partial charge < -0.3 is 14.7 Å². The Morgan fingerprint density at radius 2 is 2.00 bits per heavy atom. The molecule has 5 heteroatoms. The highest BCUT2D eigenvalue weighted by atomic mass is 19.1. The maximum absolute atomic E-state index is 13.0. The second kappa shape index (κ2) is 6.48. The van der Waals surface area contributed by atoms with Gasteiger partial charge in [0.15, 0.2) is 0 Å². The van der Waals surface area contributed by atoms with E-state index in [0.717, 1.165) is 11.1 Å². The first-order valence-corrected chi connectivity index (χ1v) is 7.35. The van der Waals surface area contributed by atoms with Gasteiger partial charge in [-0.25, -0.2) is 9.18 Å². The van der Waals surface area contributed by atoms with E-state index in [9.17, 15) is 14.3 Å². The number of benzene rings is 1. The second-order valence-electron chi connectivity index (χ2n) is 6.43. The van der Waals surface area contributed by atoms with Gasteiger partial charge in [-0.1, -0.05) is 18.2 Å². The molecule has 1 atom stereocenters. The molecule has 1 aliphatic heterocycles. The van der Waals surface area contributed by atoms with Crippen LogP contribution in [0.15, 0.2) is 30.3 Å². The zero-order valence-corrected chi connectivity index (χ0v) is 13.2.